The van der Waals surface area contributed by atoms with Crippen molar-refractivity contribution in [3.05, 3.63) is 106 Å². The molecule has 0 saturated heterocycles. The lowest BCUT2D eigenvalue weighted by molar-refractivity contribution is 0.400. The number of hydrogen-bond donors (Lipinski definition) is 1. The summed E-state index contributed by atoms with van der Waals surface area (Å²) in [6, 6.07) is 28.0. The van der Waals surface area contributed by atoms with Gasteiger partial charge >= 0.3 is 0 Å². The number of benzene rings is 3. The van der Waals surface area contributed by atoms with Crippen molar-refractivity contribution in [3.63, 3.8) is 0 Å². The molecular formula is C27H23N3OS. The molecule has 1 atom stereocenters. The molecule has 32 heavy (non-hydrogen) atoms. The summed E-state index contributed by atoms with van der Waals surface area (Å²) < 4.78 is 1.91. The molecule has 0 aliphatic carbocycles. The number of aliphatic imine (C=N–C) groups is 1. The lowest BCUT2D eigenvalue weighted by Crippen LogP contribution is -2.19. The van der Waals surface area contributed by atoms with Gasteiger partial charge in [-0.25, -0.2) is 4.99 Å². The van der Waals surface area contributed by atoms with Crippen molar-refractivity contribution in [2.24, 2.45) is 9.98 Å². The van der Waals surface area contributed by atoms with E-state index in [1.54, 1.807) is 0 Å². The fourth-order valence-electron chi connectivity index (χ4n) is 3.96. The van der Waals surface area contributed by atoms with E-state index < -0.39 is 0 Å². The molecule has 0 amide bonds. The number of rotatable bonds is 4. The smallest absolute Gasteiger partial charge is 0.211 e. The Morgan fingerprint density at radius 1 is 0.938 bits per heavy atom. The number of fused-ring (bicyclic) bond motifs is 1. The third-order valence-corrected chi connectivity index (χ3v) is 6.64. The van der Waals surface area contributed by atoms with E-state index in [2.05, 4.69) is 30.1 Å². The number of nitrogens with zero attached hydrogens (tertiary/aromatic N) is 3. The summed E-state index contributed by atoms with van der Waals surface area (Å²) in [5.41, 5.74) is 5.99. The minimum Gasteiger partial charge on any atom is -0.493 e. The van der Waals surface area contributed by atoms with Crippen LogP contribution >= 0.6 is 11.3 Å². The van der Waals surface area contributed by atoms with Gasteiger partial charge in [0.15, 0.2) is 4.80 Å². The Morgan fingerprint density at radius 3 is 2.34 bits per heavy atom. The number of thiazole rings is 1. The molecule has 1 unspecified atom stereocenters. The minimum atomic E-state index is -0.0762. The van der Waals surface area contributed by atoms with E-state index in [1.807, 2.05) is 84.3 Å². The highest BCUT2D eigenvalue weighted by molar-refractivity contribution is 7.10. The molecule has 1 aromatic heterocycles. The third kappa shape index (κ3) is 3.72. The maximum absolute atomic E-state index is 11.3. The van der Waals surface area contributed by atoms with Gasteiger partial charge in [0.1, 0.15) is 0 Å². The second kappa shape index (κ2) is 8.44. The van der Waals surface area contributed by atoms with Crippen molar-refractivity contribution in [1.29, 1.82) is 0 Å². The van der Waals surface area contributed by atoms with Gasteiger partial charge in [-0.05, 0) is 43.7 Å². The monoisotopic (exact) mass is 437 g/mol. The van der Waals surface area contributed by atoms with E-state index in [9.17, 15) is 5.11 Å². The average Bonchev–Trinajstić information content (AvgIpc) is 3.30. The average molecular weight is 438 g/mol. The van der Waals surface area contributed by atoms with Gasteiger partial charge < -0.3 is 5.11 Å². The van der Waals surface area contributed by atoms with Gasteiger partial charge in [0.2, 0.25) is 5.88 Å². The van der Waals surface area contributed by atoms with Gasteiger partial charge in [-0.15, -0.1) is 0 Å². The van der Waals surface area contributed by atoms with Gasteiger partial charge in [-0.3, -0.25) is 9.56 Å². The Morgan fingerprint density at radius 2 is 1.59 bits per heavy atom. The SMILES string of the molecule is CC1=Nc2ccccc2/C1=C\c1sc(=Nc2ccccc2)n(C(C)c2ccccc2)c1O. The largest absolute Gasteiger partial charge is 0.493 e. The summed E-state index contributed by atoms with van der Waals surface area (Å²) in [4.78, 5) is 11.1. The molecule has 4 nitrogen and oxygen atoms in total. The first-order valence-electron chi connectivity index (χ1n) is 10.6. The zero-order valence-corrected chi connectivity index (χ0v) is 18.8. The fraction of sp³-hybridized carbons (Fsp3) is 0.111. The van der Waals surface area contributed by atoms with Crippen LogP contribution in [-0.2, 0) is 0 Å². The lowest BCUT2D eigenvalue weighted by atomic mass is 10.0. The fourth-order valence-corrected chi connectivity index (χ4v) is 5.02. The standard InChI is InChI=1S/C27H23N3OS/c1-18-23(22-15-9-10-16-24(22)28-18)17-25-26(31)30(19(2)20-11-5-3-6-12-20)27(32-25)29-21-13-7-4-8-14-21/h3-17,19,31H,1-2H3/b23-17-,29-27?. The first-order valence-corrected chi connectivity index (χ1v) is 11.4. The Hall–Kier alpha value is -3.70. The zero-order valence-electron chi connectivity index (χ0n) is 17.9. The van der Waals surface area contributed by atoms with Crippen molar-refractivity contribution in [2.45, 2.75) is 19.9 Å². The summed E-state index contributed by atoms with van der Waals surface area (Å²) in [6.45, 7) is 4.09. The van der Waals surface area contributed by atoms with Crippen LogP contribution in [0, 0.1) is 0 Å². The van der Waals surface area contributed by atoms with Gasteiger partial charge in [-0.2, -0.15) is 0 Å². The zero-order chi connectivity index (χ0) is 22.1. The van der Waals surface area contributed by atoms with E-state index in [0.717, 1.165) is 43.5 Å². The molecule has 0 saturated carbocycles. The Kier molecular flexibility index (Phi) is 5.33. The van der Waals surface area contributed by atoms with Crippen molar-refractivity contribution in [3.8, 4) is 5.88 Å². The van der Waals surface area contributed by atoms with Crippen LogP contribution in [0.1, 0.15) is 35.9 Å². The van der Waals surface area contributed by atoms with Crippen LogP contribution in [0.25, 0.3) is 11.6 Å². The number of aromatic hydroxyl groups is 1. The van der Waals surface area contributed by atoms with Gasteiger partial charge in [0.25, 0.3) is 0 Å². The quantitative estimate of drug-likeness (QED) is 0.377. The van der Waals surface area contributed by atoms with Crippen LogP contribution < -0.4 is 4.80 Å². The summed E-state index contributed by atoms with van der Waals surface area (Å²) >= 11 is 1.48. The molecule has 1 N–H and O–H groups in total. The second-order valence-corrected chi connectivity index (χ2v) is 8.76. The molecule has 1 aliphatic heterocycles. The number of allylic oxidation sites excluding steroid dienone is 1. The van der Waals surface area contributed by atoms with E-state index in [-0.39, 0.29) is 11.9 Å². The molecule has 4 aromatic rings. The molecule has 0 bridgehead atoms. The van der Waals surface area contributed by atoms with Crippen LogP contribution in [-0.4, -0.2) is 15.4 Å². The highest BCUT2D eigenvalue weighted by atomic mass is 32.1. The normalized spacial score (nSPS) is 15.6. The molecule has 0 fully saturated rings. The van der Waals surface area contributed by atoms with E-state index >= 15 is 0 Å². The summed E-state index contributed by atoms with van der Waals surface area (Å²) in [5, 5.41) is 11.3. The van der Waals surface area contributed by atoms with Crippen LogP contribution in [0.3, 0.4) is 0 Å². The maximum atomic E-state index is 11.3. The molecule has 5 heteroatoms. The molecule has 1 aliphatic rings. The van der Waals surface area contributed by atoms with Crippen LogP contribution in [0.5, 0.6) is 5.88 Å². The number of hydrogen-bond acceptors (Lipinski definition) is 4. The Balaban J connectivity index is 1.69. The highest BCUT2D eigenvalue weighted by Gasteiger charge is 2.21. The van der Waals surface area contributed by atoms with Crippen LogP contribution in [0.4, 0.5) is 11.4 Å². The molecule has 158 valence electrons. The van der Waals surface area contributed by atoms with Crippen molar-refractivity contribution < 1.29 is 5.11 Å². The molecule has 0 radical (unpaired) electrons. The molecule has 2 heterocycles. The maximum Gasteiger partial charge on any atom is 0.211 e. The molecule has 3 aromatic carbocycles. The Bertz CT molecular complexity index is 1400. The molecule has 5 rings (SSSR count). The van der Waals surface area contributed by atoms with Crippen molar-refractivity contribution in [1.82, 2.24) is 4.57 Å². The minimum absolute atomic E-state index is 0.0762. The molecular weight excluding hydrogens is 414 g/mol. The third-order valence-electron chi connectivity index (χ3n) is 5.65. The van der Waals surface area contributed by atoms with Gasteiger partial charge in [-0.1, -0.05) is 78.1 Å². The topological polar surface area (TPSA) is 49.9 Å². The van der Waals surface area contributed by atoms with E-state index in [4.69, 9.17) is 4.99 Å². The summed E-state index contributed by atoms with van der Waals surface area (Å²) in [7, 11) is 0. The highest BCUT2D eigenvalue weighted by Crippen LogP contribution is 2.38. The predicted octanol–water partition coefficient (Wildman–Crippen LogP) is 6.74. The second-order valence-electron chi connectivity index (χ2n) is 7.75. The summed E-state index contributed by atoms with van der Waals surface area (Å²) in [6.07, 6.45) is 2.03. The number of aromatic nitrogens is 1. The van der Waals surface area contributed by atoms with Crippen molar-refractivity contribution >= 4 is 40.1 Å². The predicted molar refractivity (Wildman–Crippen MR) is 133 cm³/mol. The van der Waals surface area contributed by atoms with E-state index in [0.29, 0.717) is 0 Å². The van der Waals surface area contributed by atoms with E-state index in [1.165, 1.54) is 11.3 Å². The summed E-state index contributed by atoms with van der Waals surface area (Å²) in [5.74, 6) is 0.214. The lowest BCUT2D eigenvalue weighted by Gasteiger charge is -2.15. The van der Waals surface area contributed by atoms with Gasteiger partial charge in [0.05, 0.1) is 22.3 Å². The van der Waals surface area contributed by atoms with Gasteiger partial charge in [0, 0.05) is 16.8 Å². The van der Waals surface area contributed by atoms with Crippen LogP contribution in [0.15, 0.2) is 94.9 Å². The number of para-hydroxylation sites is 2. The van der Waals surface area contributed by atoms with Crippen LogP contribution in [0.2, 0.25) is 0 Å². The molecule has 0 spiro atoms. The first kappa shape index (κ1) is 20.2. The Labute approximate surface area is 191 Å². The first-order chi connectivity index (χ1) is 15.6. The van der Waals surface area contributed by atoms with Crippen molar-refractivity contribution in [2.75, 3.05) is 0 Å².